The van der Waals surface area contributed by atoms with Crippen LogP contribution in [-0.2, 0) is 0 Å². The highest BCUT2D eigenvalue weighted by atomic mass is 16.6. The fraction of sp³-hybridized carbons (Fsp3) is 0.636. The maximum absolute atomic E-state index is 11.1. The van der Waals surface area contributed by atoms with Gasteiger partial charge in [0.25, 0.3) is 0 Å². The van der Waals surface area contributed by atoms with Gasteiger partial charge < -0.3 is 10.7 Å². The Morgan fingerprint density at radius 2 is 2.05 bits per heavy atom. The predicted octanol–water partition coefficient (Wildman–Crippen LogP) is 1.91. The van der Waals surface area contributed by atoms with Crippen LogP contribution >= 0.6 is 0 Å². The molecular formula is C11H20N6O2. The van der Waals surface area contributed by atoms with Crippen molar-refractivity contribution < 1.29 is 4.92 Å². The lowest BCUT2D eigenvalue weighted by molar-refractivity contribution is -0.383. The molecule has 0 saturated heterocycles. The van der Waals surface area contributed by atoms with Crippen LogP contribution in [0, 0.1) is 16.0 Å². The number of anilines is 2. The van der Waals surface area contributed by atoms with E-state index in [0.29, 0.717) is 5.92 Å². The lowest BCUT2D eigenvalue weighted by Crippen LogP contribution is -2.21. The van der Waals surface area contributed by atoms with Crippen LogP contribution in [0.15, 0.2) is 6.33 Å². The van der Waals surface area contributed by atoms with E-state index in [1.165, 1.54) is 6.33 Å². The second-order valence-electron chi connectivity index (χ2n) is 4.62. The van der Waals surface area contributed by atoms with Gasteiger partial charge in [-0.05, 0) is 19.3 Å². The first-order valence-electron chi connectivity index (χ1n) is 6.22. The van der Waals surface area contributed by atoms with Gasteiger partial charge in [-0.25, -0.2) is 15.8 Å². The number of aromatic nitrogens is 2. The number of nitrogen functional groups attached to an aromatic ring is 1. The van der Waals surface area contributed by atoms with E-state index in [2.05, 4.69) is 34.6 Å². The van der Waals surface area contributed by atoms with Gasteiger partial charge >= 0.3 is 5.69 Å². The van der Waals surface area contributed by atoms with Crippen molar-refractivity contribution in [1.29, 1.82) is 0 Å². The van der Waals surface area contributed by atoms with Crippen molar-refractivity contribution >= 4 is 17.3 Å². The Morgan fingerprint density at radius 3 is 2.58 bits per heavy atom. The van der Waals surface area contributed by atoms with E-state index in [0.717, 1.165) is 12.8 Å². The topological polar surface area (TPSA) is 119 Å². The largest absolute Gasteiger partial charge is 0.362 e. The molecule has 0 bridgehead atoms. The molecule has 19 heavy (non-hydrogen) atoms. The predicted molar refractivity (Wildman–Crippen MR) is 73.7 cm³/mol. The molecule has 1 aromatic rings. The molecule has 2 unspecified atom stereocenters. The number of nitrogens with two attached hydrogens (primary N) is 1. The summed E-state index contributed by atoms with van der Waals surface area (Å²) in [5.74, 6) is 5.94. The van der Waals surface area contributed by atoms with Crippen LogP contribution in [0.5, 0.6) is 0 Å². The van der Waals surface area contributed by atoms with Gasteiger partial charge in [0, 0.05) is 6.04 Å². The molecule has 1 heterocycles. The molecule has 0 saturated carbocycles. The molecule has 4 N–H and O–H groups in total. The average molecular weight is 268 g/mol. The van der Waals surface area contributed by atoms with Crippen LogP contribution in [0.2, 0.25) is 0 Å². The fourth-order valence-corrected chi connectivity index (χ4v) is 1.83. The number of hydrazine groups is 1. The highest BCUT2D eigenvalue weighted by Gasteiger charge is 2.23. The molecular weight excluding hydrogens is 248 g/mol. The molecule has 1 rings (SSSR count). The first-order valence-corrected chi connectivity index (χ1v) is 6.22. The Labute approximate surface area is 111 Å². The van der Waals surface area contributed by atoms with Crippen LogP contribution in [0.25, 0.3) is 0 Å². The van der Waals surface area contributed by atoms with Crippen LogP contribution < -0.4 is 16.6 Å². The number of nitrogens with zero attached hydrogens (tertiary/aromatic N) is 3. The van der Waals surface area contributed by atoms with Crippen molar-refractivity contribution in [2.75, 3.05) is 10.7 Å². The summed E-state index contributed by atoms with van der Waals surface area (Å²) in [6.45, 7) is 6.22. The molecule has 0 radical (unpaired) electrons. The highest BCUT2D eigenvalue weighted by molar-refractivity contribution is 5.68. The van der Waals surface area contributed by atoms with Gasteiger partial charge in [0.2, 0.25) is 11.6 Å². The number of rotatable bonds is 7. The van der Waals surface area contributed by atoms with E-state index >= 15 is 0 Å². The summed E-state index contributed by atoms with van der Waals surface area (Å²) in [6.07, 6.45) is 3.21. The zero-order valence-electron chi connectivity index (χ0n) is 11.4. The van der Waals surface area contributed by atoms with Crippen LogP contribution in [-0.4, -0.2) is 20.9 Å². The Morgan fingerprint density at radius 1 is 1.42 bits per heavy atom. The lowest BCUT2D eigenvalue weighted by atomic mass is 10.0. The molecule has 1 aromatic heterocycles. The minimum atomic E-state index is -0.548. The Balaban J connectivity index is 2.91. The Bertz CT molecular complexity index is 439. The van der Waals surface area contributed by atoms with Crippen LogP contribution in [0.3, 0.4) is 0 Å². The van der Waals surface area contributed by atoms with Crippen molar-refractivity contribution in [2.24, 2.45) is 11.8 Å². The maximum atomic E-state index is 11.1. The Kier molecular flexibility index (Phi) is 5.43. The fourth-order valence-electron chi connectivity index (χ4n) is 1.83. The second kappa shape index (κ2) is 6.83. The van der Waals surface area contributed by atoms with E-state index in [9.17, 15) is 10.1 Å². The van der Waals surface area contributed by atoms with Crippen molar-refractivity contribution in [1.82, 2.24) is 9.97 Å². The number of nitro groups is 1. The van der Waals surface area contributed by atoms with Gasteiger partial charge in [-0.2, -0.15) is 0 Å². The third-order valence-electron chi connectivity index (χ3n) is 2.98. The summed E-state index contributed by atoms with van der Waals surface area (Å²) in [4.78, 5) is 18.2. The van der Waals surface area contributed by atoms with Gasteiger partial charge in [-0.15, -0.1) is 0 Å². The number of hydrogen-bond donors (Lipinski definition) is 3. The first kappa shape index (κ1) is 15.1. The van der Waals surface area contributed by atoms with Gasteiger partial charge in [-0.1, -0.05) is 20.3 Å². The number of hydrogen-bond acceptors (Lipinski definition) is 7. The summed E-state index contributed by atoms with van der Waals surface area (Å²) in [5, 5.41) is 14.1. The van der Waals surface area contributed by atoms with Gasteiger partial charge in [-0.3, -0.25) is 10.1 Å². The van der Waals surface area contributed by atoms with Crippen molar-refractivity contribution in [3.8, 4) is 0 Å². The summed E-state index contributed by atoms with van der Waals surface area (Å²) >= 11 is 0. The SMILES string of the molecule is CCC(C)CC(C)Nc1ncnc(NN)c1[N+](=O)[O-]. The molecule has 0 fully saturated rings. The molecule has 0 amide bonds. The molecule has 0 aliphatic rings. The van der Waals surface area contributed by atoms with E-state index in [1.54, 1.807) is 0 Å². The molecule has 0 aliphatic heterocycles. The maximum Gasteiger partial charge on any atom is 0.354 e. The lowest BCUT2D eigenvalue weighted by Gasteiger charge is -2.18. The van der Waals surface area contributed by atoms with Crippen molar-refractivity contribution in [2.45, 2.75) is 39.7 Å². The Hall–Kier alpha value is -1.96. The van der Waals surface area contributed by atoms with E-state index in [4.69, 9.17) is 5.84 Å². The summed E-state index contributed by atoms with van der Waals surface area (Å²) < 4.78 is 0. The van der Waals surface area contributed by atoms with E-state index in [-0.39, 0.29) is 23.4 Å². The standard InChI is InChI=1S/C11H20N6O2/c1-4-7(2)5-8(3)15-10-9(17(18)19)11(16-12)14-6-13-10/h6-8H,4-5,12H2,1-3H3,(H2,13,14,15,16). The second-order valence-corrected chi connectivity index (χ2v) is 4.62. The van der Waals surface area contributed by atoms with Gasteiger partial charge in [0.15, 0.2) is 0 Å². The zero-order valence-corrected chi connectivity index (χ0v) is 11.4. The van der Waals surface area contributed by atoms with Crippen LogP contribution in [0.1, 0.15) is 33.6 Å². The molecule has 0 spiro atoms. The molecule has 2 atom stereocenters. The normalized spacial score (nSPS) is 13.7. The third kappa shape index (κ3) is 4.02. The van der Waals surface area contributed by atoms with Gasteiger partial charge in [0.1, 0.15) is 6.33 Å². The van der Waals surface area contributed by atoms with Gasteiger partial charge in [0.05, 0.1) is 4.92 Å². The molecule has 8 heteroatoms. The van der Waals surface area contributed by atoms with Crippen molar-refractivity contribution in [3.05, 3.63) is 16.4 Å². The molecule has 0 aromatic carbocycles. The summed E-state index contributed by atoms with van der Waals surface area (Å²) in [7, 11) is 0. The summed E-state index contributed by atoms with van der Waals surface area (Å²) in [5.41, 5.74) is 1.97. The molecule has 106 valence electrons. The average Bonchev–Trinajstić information content (AvgIpc) is 2.37. The molecule has 8 nitrogen and oxygen atoms in total. The molecule has 0 aliphatic carbocycles. The van der Waals surface area contributed by atoms with E-state index < -0.39 is 4.92 Å². The van der Waals surface area contributed by atoms with Crippen LogP contribution in [0.4, 0.5) is 17.3 Å². The first-order chi connectivity index (χ1) is 8.99. The monoisotopic (exact) mass is 268 g/mol. The highest BCUT2D eigenvalue weighted by Crippen LogP contribution is 2.29. The zero-order chi connectivity index (χ0) is 14.4. The van der Waals surface area contributed by atoms with E-state index in [1.807, 2.05) is 6.92 Å². The summed E-state index contributed by atoms with van der Waals surface area (Å²) in [6, 6.07) is 0.0779. The third-order valence-corrected chi connectivity index (χ3v) is 2.98. The minimum absolute atomic E-state index is 0.00163. The van der Waals surface area contributed by atoms with Crippen molar-refractivity contribution in [3.63, 3.8) is 0 Å². The quantitative estimate of drug-likeness (QED) is 0.392. The smallest absolute Gasteiger partial charge is 0.354 e. The number of nitrogens with one attached hydrogen (secondary N) is 2. The minimum Gasteiger partial charge on any atom is -0.362 e.